The minimum Gasteiger partial charge on any atom is -0.416 e. The highest BCUT2D eigenvalue weighted by Gasteiger charge is 2.17. The summed E-state index contributed by atoms with van der Waals surface area (Å²) in [6.45, 7) is 0. The number of rotatable bonds is 7. The molecule has 8 aromatic carbocycles. The first-order valence-corrected chi connectivity index (χ1v) is 18.2. The van der Waals surface area contributed by atoms with Crippen LogP contribution in [0.3, 0.4) is 0 Å². The zero-order valence-electron chi connectivity index (χ0n) is 29.3. The molecule has 0 bridgehead atoms. The average Bonchev–Trinajstić information content (AvgIpc) is 3.88. The normalized spacial score (nSPS) is 11.3. The van der Waals surface area contributed by atoms with Gasteiger partial charge in [0, 0.05) is 27.6 Å². The maximum absolute atomic E-state index is 6.04. The lowest BCUT2D eigenvalue weighted by Crippen LogP contribution is -1.94. The number of nitrogens with zero attached hydrogens (tertiary/aromatic N) is 3. The Morgan fingerprint density at radius 1 is 0.315 bits per heavy atom. The predicted molar refractivity (Wildman–Crippen MR) is 221 cm³/mol. The molecular weight excluding hydrogens is 659 g/mol. The SMILES string of the molecule is c1ccc(-c2cccc(-n3c4ccccc4c4cc(-c5ccccc5-c5ccccc5-c5ccc(-c6nnc(-c7ccccc7)o6)cc5)ccc43)c2)cc1. The van der Waals surface area contributed by atoms with E-state index in [0.29, 0.717) is 11.8 Å². The molecular formula is C50H33N3O. The molecule has 0 spiro atoms. The van der Waals surface area contributed by atoms with Crippen LogP contribution in [0.2, 0.25) is 0 Å². The van der Waals surface area contributed by atoms with Gasteiger partial charge in [0.25, 0.3) is 0 Å². The molecule has 0 aliphatic carbocycles. The van der Waals surface area contributed by atoms with E-state index in [1.54, 1.807) is 0 Å². The Labute approximate surface area is 313 Å². The topological polar surface area (TPSA) is 43.9 Å². The lowest BCUT2D eigenvalue weighted by Gasteiger charge is -2.15. The second kappa shape index (κ2) is 13.4. The fraction of sp³-hybridized carbons (Fsp3) is 0. The van der Waals surface area contributed by atoms with Crippen LogP contribution in [0, 0.1) is 0 Å². The van der Waals surface area contributed by atoms with Crippen molar-refractivity contribution in [1.29, 1.82) is 0 Å². The smallest absolute Gasteiger partial charge is 0.248 e. The molecule has 4 heteroatoms. The highest BCUT2D eigenvalue weighted by Crippen LogP contribution is 2.41. The van der Waals surface area contributed by atoms with E-state index in [0.717, 1.165) is 27.9 Å². The van der Waals surface area contributed by atoms with Crippen molar-refractivity contribution in [1.82, 2.24) is 14.8 Å². The molecule has 0 radical (unpaired) electrons. The number of benzene rings is 8. The number of para-hydroxylation sites is 1. The van der Waals surface area contributed by atoms with Crippen LogP contribution in [-0.2, 0) is 0 Å². The maximum atomic E-state index is 6.04. The first-order valence-electron chi connectivity index (χ1n) is 18.2. The van der Waals surface area contributed by atoms with Crippen molar-refractivity contribution in [3.8, 4) is 73.1 Å². The van der Waals surface area contributed by atoms with Gasteiger partial charge in [0.05, 0.1) is 11.0 Å². The lowest BCUT2D eigenvalue weighted by molar-refractivity contribution is 0.584. The van der Waals surface area contributed by atoms with Gasteiger partial charge in [-0.25, -0.2) is 0 Å². The molecule has 0 saturated heterocycles. The van der Waals surface area contributed by atoms with Gasteiger partial charge in [0.15, 0.2) is 0 Å². The summed E-state index contributed by atoms with van der Waals surface area (Å²) in [4.78, 5) is 0. The number of fused-ring (bicyclic) bond motifs is 3. The third-order valence-corrected chi connectivity index (χ3v) is 10.2. The van der Waals surface area contributed by atoms with E-state index in [2.05, 4.69) is 185 Å². The van der Waals surface area contributed by atoms with E-state index in [-0.39, 0.29) is 0 Å². The average molecular weight is 692 g/mol. The van der Waals surface area contributed by atoms with E-state index in [4.69, 9.17) is 4.42 Å². The van der Waals surface area contributed by atoms with Gasteiger partial charge in [-0.15, -0.1) is 10.2 Å². The second-order valence-corrected chi connectivity index (χ2v) is 13.4. The molecule has 0 aliphatic heterocycles. The summed E-state index contributed by atoms with van der Waals surface area (Å²) in [5, 5.41) is 11.1. The Morgan fingerprint density at radius 2 is 0.815 bits per heavy atom. The Kier molecular flexibility index (Phi) is 7.77. The first kappa shape index (κ1) is 31.4. The van der Waals surface area contributed by atoms with E-state index in [1.807, 2.05) is 30.3 Å². The van der Waals surface area contributed by atoms with E-state index in [9.17, 15) is 0 Å². The van der Waals surface area contributed by atoms with Crippen molar-refractivity contribution < 1.29 is 4.42 Å². The van der Waals surface area contributed by atoms with E-state index >= 15 is 0 Å². The zero-order chi connectivity index (χ0) is 35.8. The summed E-state index contributed by atoms with van der Waals surface area (Å²) in [5.41, 5.74) is 14.7. The quantitative estimate of drug-likeness (QED) is 0.167. The molecule has 54 heavy (non-hydrogen) atoms. The van der Waals surface area contributed by atoms with Crippen LogP contribution in [0.5, 0.6) is 0 Å². The minimum absolute atomic E-state index is 0.500. The second-order valence-electron chi connectivity index (χ2n) is 13.4. The van der Waals surface area contributed by atoms with Crippen LogP contribution in [0.1, 0.15) is 0 Å². The molecule has 0 aliphatic rings. The predicted octanol–water partition coefficient (Wildman–Crippen LogP) is 13.2. The van der Waals surface area contributed by atoms with Crippen LogP contribution in [0.15, 0.2) is 205 Å². The summed E-state index contributed by atoms with van der Waals surface area (Å²) in [6.07, 6.45) is 0. The van der Waals surface area contributed by atoms with Gasteiger partial charge in [-0.05, 0) is 99.1 Å². The molecule has 0 amide bonds. The summed E-state index contributed by atoms with van der Waals surface area (Å²) >= 11 is 0. The Morgan fingerprint density at radius 3 is 1.52 bits per heavy atom. The van der Waals surface area contributed by atoms with Crippen LogP contribution in [-0.4, -0.2) is 14.8 Å². The molecule has 0 fully saturated rings. The summed E-state index contributed by atoms with van der Waals surface area (Å²) in [5.74, 6) is 1.01. The van der Waals surface area contributed by atoms with Gasteiger partial charge >= 0.3 is 0 Å². The Balaban J connectivity index is 1.04. The van der Waals surface area contributed by atoms with Gasteiger partial charge in [0.1, 0.15) is 0 Å². The van der Waals surface area contributed by atoms with Crippen molar-refractivity contribution >= 4 is 21.8 Å². The molecule has 2 heterocycles. The van der Waals surface area contributed by atoms with Gasteiger partial charge in [-0.3, -0.25) is 0 Å². The summed E-state index contributed by atoms with van der Waals surface area (Å²) in [6, 6.07) is 70.6. The molecule has 2 aromatic heterocycles. The fourth-order valence-electron chi connectivity index (χ4n) is 7.64. The minimum atomic E-state index is 0.500. The van der Waals surface area contributed by atoms with Crippen molar-refractivity contribution in [3.05, 3.63) is 200 Å². The van der Waals surface area contributed by atoms with E-state index in [1.165, 1.54) is 55.2 Å². The number of hydrogen-bond donors (Lipinski definition) is 0. The van der Waals surface area contributed by atoms with Gasteiger partial charge in [-0.1, -0.05) is 146 Å². The lowest BCUT2D eigenvalue weighted by atomic mass is 9.89. The summed E-state index contributed by atoms with van der Waals surface area (Å²) in [7, 11) is 0. The fourth-order valence-corrected chi connectivity index (χ4v) is 7.64. The van der Waals surface area contributed by atoms with E-state index < -0.39 is 0 Å². The van der Waals surface area contributed by atoms with Crippen molar-refractivity contribution in [2.45, 2.75) is 0 Å². The summed E-state index contributed by atoms with van der Waals surface area (Å²) < 4.78 is 8.43. The number of aromatic nitrogens is 3. The monoisotopic (exact) mass is 691 g/mol. The van der Waals surface area contributed by atoms with Gasteiger partial charge in [0.2, 0.25) is 11.8 Å². The Bertz CT molecular complexity index is 2920. The van der Waals surface area contributed by atoms with Crippen LogP contribution >= 0.6 is 0 Å². The highest BCUT2D eigenvalue weighted by atomic mass is 16.4. The van der Waals surface area contributed by atoms with Crippen LogP contribution in [0.4, 0.5) is 0 Å². The molecule has 254 valence electrons. The standard InChI is InChI=1S/C50H33N3O/c1-3-14-34(15-4-1)38-18-13-19-40(32-38)53-47-25-12-11-24-45(47)46-33-39(30-31-48(46)53)42-21-8-10-23-44(42)43-22-9-7-20-41(43)35-26-28-37(29-27-35)50-52-51-49(54-50)36-16-5-2-6-17-36/h1-33H. The number of hydrogen-bond acceptors (Lipinski definition) is 3. The Hall–Kier alpha value is -7.30. The first-order chi connectivity index (χ1) is 26.8. The molecule has 0 N–H and O–H groups in total. The highest BCUT2D eigenvalue weighted by molar-refractivity contribution is 6.11. The maximum Gasteiger partial charge on any atom is 0.248 e. The van der Waals surface area contributed by atoms with Crippen molar-refractivity contribution in [2.24, 2.45) is 0 Å². The molecule has 0 unspecified atom stereocenters. The molecule has 0 atom stereocenters. The largest absolute Gasteiger partial charge is 0.416 e. The molecule has 10 rings (SSSR count). The van der Waals surface area contributed by atoms with Crippen LogP contribution < -0.4 is 0 Å². The molecule has 10 aromatic rings. The van der Waals surface area contributed by atoms with Gasteiger partial charge < -0.3 is 8.98 Å². The van der Waals surface area contributed by atoms with Gasteiger partial charge in [-0.2, -0.15) is 0 Å². The van der Waals surface area contributed by atoms with Crippen LogP contribution in [0.25, 0.3) is 94.9 Å². The third-order valence-electron chi connectivity index (χ3n) is 10.2. The molecule has 4 nitrogen and oxygen atoms in total. The molecule has 0 saturated carbocycles. The third kappa shape index (κ3) is 5.58. The zero-order valence-corrected chi connectivity index (χ0v) is 29.3. The van der Waals surface area contributed by atoms with Crippen molar-refractivity contribution in [2.75, 3.05) is 0 Å². The van der Waals surface area contributed by atoms with Crippen molar-refractivity contribution in [3.63, 3.8) is 0 Å².